The van der Waals surface area contributed by atoms with Gasteiger partial charge in [0.1, 0.15) is 0 Å². The van der Waals surface area contributed by atoms with Crippen LogP contribution in [0.25, 0.3) is 0 Å². The van der Waals surface area contributed by atoms with Gasteiger partial charge in [-0.1, -0.05) is 135 Å². The second-order valence-corrected chi connectivity index (χ2v) is 12.8. The molecule has 0 aliphatic rings. The van der Waals surface area contributed by atoms with Crippen molar-refractivity contribution < 1.29 is 0 Å². The molecule has 0 aromatic heterocycles. The predicted octanol–water partition coefficient (Wildman–Crippen LogP) is 6.28. The van der Waals surface area contributed by atoms with Crippen molar-refractivity contribution in [3.63, 3.8) is 0 Å². The smallest absolute Gasteiger partial charge is 0.00604 e. The third-order valence-electron chi connectivity index (χ3n) is 5.68. The Labute approximate surface area is 189 Å². The van der Waals surface area contributed by atoms with Crippen molar-refractivity contribution in [3.05, 3.63) is 121 Å². The molecule has 4 rings (SSSR count). The van der Waals surface area contributed by atoms with Crippen molar-refractivity contribution in [2.24, 2.45) is 5.92 Å². The summed E-state index contributed by atoms with van der Waals surface area (Å²) in [4.78, 5) is 0. The van der Waals surface area contributed by atoms with Crippen LogP contribution in [-0.2, 0) is 0 Å². The molecule has 0 saturated heterocycles. The van der Waals surface area contributed by atoms with Gasteiger partial charge in [0, 0.05) is 0 Å². The molecular weight excluding hydrogens is 410 g/mol. The van der Waals surface area contributed by atoms with Crippen LogP contribution in [0.3, 0.4) is 0 Å². The zero-order chi connectivity index (χ0) is 21.5. The summed E-state index contributed by atoms with van der Waals surface area (Å²) in [5.74, 6) is 0.601. The van der Waals surface area contributed by atoms with Crippen LogP contribution >= 0.6 is 15.8 Å². The average Bonchev–Trinajstić information content (AvgIpc) is 2.84. The molecule has 0 amide bonds. The summed E-state index contributed by atoms with van der Waals surface area (Å²) >= 11 is 0. The van der Waals surface area contributed by atoms with Gasteiger partial charge in [-0.3, -0.25) is 0 Å². The maximum atomic E-state index is 2.41. The van der Waals surface area contributed by atoms with Crippen LogP contribution < -0.4 is 21.2 Å². The van der Waals surface area contributed by atoms with Gasteiger partial charge in [-0.25, -0.2) is 0 Å². The van der Waals surface area contributed by atoms with Gasteiger partial charge < -0.3 is 0 Å². The van der Waals surface area contributed by atoms with Crippen LogP contribution in [-0.4, -0.2) is 11.8 Å². The van der Waals surface area contributed by atoms with E-state index in [-0.39, 0.29) is 0 Å². The van der Waals surface area contributed by atoms with E-state index in [9.17, 15) is 0 Å². The van der Waals surface area contributed by atoms with Gasteiger partial charge >= 0.3 is 0 Å². The minimum atomic E-state index is -0.451. The maximum absolute atomic E-state index is 2.41. The van der Waals surface area contributed by atoms with Gasteiger partial charge in [0.05, 0.1) is 0 Å². The summed E-state index contributed by atoms with van der Waals surface area (Å²) < 4.78 is 0. The number of hydrogen-bond donors (Lipinski definition) is 0. The summed E-state index contributed by atoms with van der Waals surface area (Å²) in [5.41, 5.74) is 0.603. The van der Waals surface area contributed by atoms with Gasteiger partial charge in [0.15, 0.2) is 0 Å². The van der Waals surface area contributed by atoms with Crippen molar-refractivity contribution in [2.75, 3.05) is 6.16 Å². The highest BCUT2D eigenvalue weighted by Gasteiger charge is 2.30. The van der Waals surface area contributed by atoms with Crippen LogP contribution in [0.2, 0.25) is 0 Å². The monoisotopic (exact) mass is 440 g/mol. The third-order valence-corrected chi connectivity index (χ3v) is 11.7. The van der Waals surface area contributed by atoms with Gasteiger partial charge in [-0.2, -0.15) is 0 Å². The molecule has 156 valence electrons. The van der Waals surface area contributed by atoms with E-state index in [1.54, 1.807) is 0 Å². The van der Waals surface area contributed by atoms with E-state index in [1.807, 2.05) is 0 Å². The molecule has 2 heteroatoms. The molecule has 1 atom stereocenters. The van der Waals surface area contributed by atoms with Crippen molar-refractivity contribution in [2.45, 2.75) is 19.5 Å². The normalized spacial score (nSPS) is 12.4. The molecule has 0 aliphatic carbocycles. The first kappa shape index (κ1) is 22.0. The van der Waals surface area contributed by atoms with Crippen LogP contribution in [0.1, 0.15) is 13.8 Å². The van der Waals surface area contributed by atoms with Gasteiger partial charge in [-0.05, 0) is 54.8 Å². The summed E-state index contributed by atoms with van der Waals surface area (Å²) in [6.07, 6.45) is 1.20. The molecule has 0 N–H and O–H groups in total. The fourth-order valence-corrected chi connectivity index (χ4v) is 10.4. The van der Waals surface area contributed by atoms with Crippen molar-refractivity contribution in [1.82, 2.24) is 0 Å². The zero-order valence-corrected chi connectivity index (χ0v) is 20.1. The number of hydrogen-bond acceptors (Lipinski definition) is 0. The van der Waals surface area contributed by atoms with Gasteiger partial charge in [0.25, 0.3) is 0 Å². The summed E-state index contributed by atoms with van der Waals surface area (Å²) in [6.45, 7) is 4.82. The first-order valence-corrected chi connectivity index (χ1v) is 13.9. The van der Waals surface area contributed by atoms with E-state index in [1.165, 1.54) is 27.4 Å². The SMILES string of the molecule is CC(C)C(CP(c1ccccc1)c1ccccc1)P(c1ccccc1)c1ccccc1. The molecule has 31 heavy (non-hydrogen) atoms. The topological polar surface area (TPSA) is 0 Å². The quantitative estimate of drug-likeness (QED) is 0.283. The molecule has 0 aliphatic heterocycles. The summed E-state index contributed by atoms with van der Waals surface area (Å²) in [7, 11) is -0.870. The maximum Gasteiger partial charge on any atom is -0.00604 e. The number of rotatable bonds is 8. The van der Waals surface area contributed by atoms with Crippen molar-refractivity contribution >= 4 is 37.1 Å². The second kappa shape index (κ2) is 10.9. The minimum Gasteiger partial charge on any atom is -0.0622 e. The lowest BCUT2D eigenvalue weighted by Gasteiger charge is -2.35. The Morgan fingerprint density at radius 1 is 0.484 bits per heavy atom. The average molecular weight is 441 g/mol. The Bertz CT molecular complexity index is 952. The fourth-order valence-electron chi connectivity index (χ4n) is 4.06. The molecule has 4 aromatic carbocycles. The molecule has 4 aromatic rings. The van der Waals surface area contributed by atoms with E-state index in [0.717, 1.165) is 0 Å². The summed E-state index contributed by atoms with van der Waals surface area (Å²) in [5, 5.41) is 5.92. The highest BCUT2D eigenvalue weighted by Crippen LogP contribution is 2.49. The fraction of sp³-hybridized carbons (Fsp3) is 0.172. The van der Waals surface area contributed by atoms with Crippen LogP contribution in [0.5, 0.6) is 0 Å². The van der Waals surface area contributed by atoms with E-state index < -0.39 is 15.8 Å². The van der Waals surface area contributed by atoms with Crippen LogP contribution in [0.4, 0.5) is 0 Å². The molecular formula is C29H30P2. The lowest BCUT2D eigenvalue weighted by Crippen LogP contribution is -2.31. The lowest BCUT2D eigenvalue weighted by molar-refractivity contribution is 0.642. The van der Waals surface area contributed by atoms with E-state index in [4.69, 9.17) is 0 Å². The Morgan fingerprint density at radius 2 is 0.806 bits per heavy atom. The Kier molecular flexibility index (Phi) is 7.69. The zero-order valence-electron chi connectivity index (χ0n) is 18.3. The highest BCUT2D eigenvalue weighted by atomic mass is 31.1. The van der Waals surface area contributed by atoms with E-state index in [0.29, 0.717) is 11.6 Å². The van der Waals surface area contributed by atoms with Crippen LogP contribution in [0.15, 0.2) is 121 Å². The largest absolute Gasteiger partial charge is 0.0622 e. The van der Waals surface area contributed by atoms with E-state index >= 15 is 0 Å². The molecule has 0 heterocycles. The molecule has 0 fully saturated rings. The first-order valence-electron chi connectivity index (χ1n) is 11.0. The molecule has 0 nitrogen and oxygen atoms in total. The third kappa shape index (κ3) is 5.51. The summed E-state index contributed by atoms with van der Waals surface area (Å²) in [6, 6.07) is 44.7. The molecule has 0 radical (unpaired) electrons. The second-order valence-electron chi connectivity index (χ2n) is 8.13. The molecule has 1 unspecified atom stereocenters. The number of benzene rings is 4. The molecule has 0 saturated carbocycles. The van der Waals surface area contributed by atoms with Crippen LogP contribution in [0, 0.1) is 5.92 Å². The predicted molar refractivity (Wildman–Crippen MR) is 142 cm³/mol. The molecule has 0 bridgehead atoms. The van der Waals surface area contributed by atoms with Crippen molar-refractivity contribution in [3.8, 4) is 0 Å². The highest BCUT2D eigenvalue weighted by molar-refractivity contribution is 7.77. The first-order chi connectivity index (χ1) is 15.2. The van der Waals surface area contributed by atoms with Gasteiger partial charge in [-0.15, -0.1) is 0 Å². The van der Waals surface area contributed by atoms with Gasteiger partial charge in [0.2, 0.25) is 0 Å². The standard InChI is InChI=1S/C29H30P2/c1-24(2)29(31(27-19-11-5-12-20-27)28-21-13-6-14-22-28)23-30(25-15-7-3-8-16-25)26-17-9-4-10-18-26/h3-22,24,29H,23H2,1-2H3. The Balaban J connectivity index is 1.78. The minimum absolute atomic E-state index is 0.420. The lowest BCUT2D eigenvalue weighted by atomic mass is 10.1. The Morgan fingerprint density at radius 3 is 1.13 bits per heavy atom. The molecule has 0 spiro atoms. The Hall–Kier alpha value is -2.26. The van der Waals surface area contributed by atoms with E-state index in [2.05, 4.69) is 135 Å². The van der Waals surface area contributed by atoms with Crippen molar-refractivity contribution in [1.29, 1.82) is 0 Å².